The van der Waals surface area contributed by atoms with Gasteiger partial charge in [0.2, 0.25) is 0 Å². The highest BCUT2D eigenvalue weighted by Gasteiger charge is 2.28. The summed E-state index contributed by atoms with van der Waals surface area (Å²) in [6, 6.07) is 5.40. The maximum Gasteiger partial charge on any atom is 0.257 e. The molecule has 98 valence electrons. The van der Waals surface area contributed by atoms with Crippen LogP contribution in [-0.2, 0) is 0 Å². The van der Waals surface area contributed by atoms with Crippen molar-refractivity contribution < 1.29 is 9.90 Å². The second-order valence-corrected chi connectivity index (χ2v) is 5.15. The van der Waals surface area contributed by atoms with Gasteiger partial charge in [-0.15, -0.1) is 0 Å². The van der Waals surface area contributed by atoms with Crippen LogP contribution in [0.15, 0.2) is 18.2 Å². The molecular formula is C14H20N2O2. The van der Waals surface area contributed by atoms with Crippen LogP contribution < -0.4 is 5.73 Å². The fourth-order valence-corrected chi connectivity index (χ4v) is 2.49. The molecule has 0 spiro atoms. The number of phenolic OH excluding ortho intramolecular Hbond substituents is 1. The Hall–Kier alpha value is -1.55. The van der Waals surface area contributed by atoms with Gasteiger partial charge in [0.25, 0.3) is 5.91 Å². The molecule has 0 saturated carbocycles. The third kappa shape index (κ3) is 2.48. The first-order valence-corrected chi connectivity index (χ1v) is 6.35. The van der Waals surface area contributed by atoms with Crippen LogP contribution >= 0.6 is 0 Å². The average molecular weight is 248 g/mol. The predicted octanol–water partition coefficient (Wildman–Crippen LogP) is 1.65. The molecule has 1 aliphatic rings. The van der Waals surface area contributed by atoms with Crippen molar-refractivity contribution in [1.29, 1.82) is 0 Å². The van der Waals surface area contributed by atoms with Crippen LogP contribution in [0.2, 0.25) is 0 Å². The molecule has 0 aliphatic carbocycles. The number of hydrogen-bond acceptors (Lipinski definition) is 3. The first-order chi connectivity index (χ1) is 8.49. The Morgan fingerprint density at radius 1 is 1.50 bits per heavy atom. The zero-order chi connectivity index (χ0) is 13.3. The molecule has 1 aromatic carbocycles. The van der Waals surface area contributed by atoms with Gasteiger partial charge < -0.3 is 15.7 Å². The number of benzene rings is 1. The van der Waals surface area contributed by atoms with Crippen LogP contribution in [0.25, 0.3) is 0 Å². The molecule has 0 radical (unpaired) electrons. The number of aryl methyl sites for hydroxylation is 1. The Labute approximate surface area is 107 Å². The lowest BCUT2D eigenvalue weighted by atomic mass is 9.97. The van der Waals surface area contributed by atoms with Crippen LogP contribution in [0.5, 0.6) is 5.75 Å². The van der Waals surface area contributed by atoms with E-state index in [4.69, 9.17) is 5.73 Å². The van der Waals surface area contributed by atoms with Gasteiger partial charge in [-0.1, -0.05) is 11.6 Å². The van der Waals surface area contributed by atoms with Gasteiger partial charge in [-0.2, -0.15) is 0 Å². The molecule has 4 nitrogen and oxygen atoms in total. The number of carbonyl (C=O) groups excluding carboxylic acids is 1. The molecule has 2 atom stereocenters. The second kappa shape index (κ2) is 4.98. The molecule has 18 heavy (non-hydrogen) atoms. The first-order valence-electron chi connectivity index (χ1n) is 6.35. The molecule has 0 aromatic heterocycles. The number of likely N-dealkylation sites (tertiary alicyclic amines) is 1. The zero-order valence-corrected chi connectivity index (χ0v) is 10.9. The minimum atomic E-state index is -0.101. The number of carbonyl (C=O) groups is 1. The minimum Gasteiger partial charge on any atom is -0.507 e. The van der Waals surface area contributed by atoms with Gasteiger partial charge in [0.15, 0.2) is 0 Å². The van der Waals surface area contributed by atoms with Crippen LogP contribution in [-0.4, -0.2) is 34.5 Å². The predicted molar refractivity (Wildman–Crippen MR) is 70.6 cm³/mol. The molecule has 2 rings (SSSR count). The van der Waals surface area contributed by atoms with Crippen molar-refractivity contribution in [3.8, 4) is 5.75 Å². The Morgan fingerprint density at radius 3 is 2.89 bits per heavy atom. The van der Waals surface area contributed by atoms with E-state index < -0.39 is 0 Å². The number of hydrogen-bond donors (Lipinski definition) is 2. The monoisotopic (exact) mass is 248 g/mol. The summed E-state index contributed by atoms with van der Waals surface area (Å²) in [4.78, 5) is 14.2. The van der Waals surface area contributed by atoms with E-state index >= 15 is 0 Å². The molecule has 1 amide bonds. The second-order valence-electron chi connectivity index (χ2n) is 5.15. The highest BCUT2D eigenvalue weighted by atomic mass is 16.3. The van der Waals surface area contributed by atoms with E-state index in [1.807, 2.05) is 13.8 Å². The standard InChI is InChI=1S/C14H20N2O2/c1-9-3-4-13(17)12(7-9)14(18)16-6-5-11(15)8-10(16)2/h3-4,7,10-11,17H,5-6,8,15H2,1-2H3. The molecule has 1 heterocycles. The smallest absolute Gasteiger partial charge is 0.257 e. The SMILES string of the molecule is Cc1ccc(O)c(C(=O)N2CCC(N)CC2C)c1. The van der Waals surface area contributed by atoms with E-state index in [0.717, 1.165) is 18.4 Å². The fourth-order valence-electron chi connectivity index (χ4n) is 2.49. The quantitative estimate of drug-likeness (QED) is 0.794. The van der Waals surface area contributed by atoms with Crippen molar-refractivity contribution in [2.45, 2.75) is 38.8 Å². The van der Waals surface area contributed by atoms with Crippen LogP contribution in [0, 0.1) is 6.92 Å². The third-order valence-corrected chi connectivity index (χ3v) is 3.56. The summed E-state index contributed by atoms with van der Waals surface area (Å²) in [5.41, 5.74) is 7.25. The number of rotatable bonds is 1. The summed E-state index contributed by atoms with van der Waals surface area (Å²) in [5.74, 6) is -0.0525. The maximum absolute atomic E-state index is 12.4. The highest BCUT2D eigenvalue weighted by molar-refractivity contribution is 5.97. The van der Waals surface area contributed by atoms with Gasteiger partial charge >= 0.3 is 0 Å². The van der Waals surface area contributed by atoms with Crippen LogP contribution in [0.1, 0.15) is 35.7 Å². The summed E-state index contributed by atoms with van der Waals surface area (Å²) in [5, 5.41) is 9.80. The molecule has 0 bridgehead atoms. The molecule has 1 saturated heterocycles. The van der Waals surface area contributed by atoms with Crippen LogP contribution in [0.4, 0.5) is 0 Å². The van der Waals surface area contributed by atoms with Crippen molar-refractivity contribution in [1.82, 2.24) is 4.90 Å². The maximum atomic E-state index is 12.4. The molecule has 1 fully saturated rings. The summed E-state index contributed by atoms with van der Waals surface area (Å²) >= 11 is 0. The number of phenols is 1. The summed E-state index contributed by atoms with van der Waals surface area (Å²) in [6.45, 7) is 4.57. The Morgan fingerprint density at radius 2 is 2.22 bits per heavy atom. The fraction of sp³-hybridized carbons (Fsp3) is 0.500. The number of amides is 1. The normalized spacial score (nSPS) is 24.1. The lowest BCUT2D eigenvalue weighted by molar-refractivity contribution is 0.0616. The van der Waals surface area contributed by atoms with E-state index in [9.17, 15) is 9.90 Å². The van der Waals surface area contributed by atoms with Gasteiger partial charge in [0, 0.05) is 18.6 Å². The minimum absolute atomic E-state index is 0.0488. The lowest BCUT2D eigenvalue weighted by Crippen LogP contribution is -2.48. The Balaban J connectivity index is 2.23. The summed E-state index contributed by atoms with van der Waals surface area (Å²) in [6.07, 6.45) is 1.64. The van der Waals surface area contributed by atoms with E-state index in [0.29, 0.717) is 12.1 Å². The molecule has 1 aromatic rings. The summed E-state index contributed by atoms with van der Waals surface area (Å²) in [7, 11) is 0. The van der Waals surface area contributed by atoms with Gasteiger partial charge in [-0.05, 0) is 38.8 Å². The molecule has 3 N–H and O–H groups in total. The summed E-state index contributed by atoms with van der Waals surface area (Å²) < 4.78 is 0. The Kier molecular flexibility index (Phi) is 3.57. The van der Waals surface area contributed by atoms with E-state index in [1.165, 1.54) is 0 Å². The van der Waals surface area contributed by atoms with Crippen LogP contribution in [0.3, 0.4) is 0 Å². The number of aromatic hydroxyl groups is 1. The average Bonchev–Trinajstić information content (AvgIpc) is 2.31. The number of nitrogens with two attached hydrogens (primary N) is 1. The van der Waals surface area contributed by atoms with Crippen molar-refractivity contribution in [2.24, 2.45) is 5.73 Å². The first kappa shape index (κ1) is 12.9. The van der Waals surface area contributed by atoms with E-state index in [2.05, 4.69) is 0 Å². The molecule has 4 heteroatoms. The molecular weight excluding hydrogens is 228 g/mol. The van der Waals surface area contributed by atoms with Gasteiger partial charge in [0.05, 0.1) is 5.56 Å². The van der Waals surface area contributed by atoms with Crippen molar-refractivity contribution in [3.63, 3.8) is 0 Å². The Bertz CT molecular complexity index is 459. The largest absolute Gasteiger partial charge is 0.507 e. The van der Waals surface area contributed by atoms with Gasteiger partial charge in [-0.25, -0.2) is 0 Å². The highest BCUT2D eigenvalue weighted by Crippen LogP contribution is 2.24. The zero-order valence-electron chi connectivity index (χ0n) is 10.9. The van der Waals surface area contributed by atoms with Gasteiger partial charge in [-0.3, -0.25) is 4.79 Å². The van der Waals surface area contributed by atoms with Crippen molar-refractivity contribution in [3.05, 3.63) is 29.3 Å². The van der Waals surface area contributed by atoms with Gasteiger partial charge in [0.1, 0.15) is 5.75 Å². The molecule has 2 unspecified atom stereocenters. The molecule has 1 aliphatic heterocycles. The number of piperidine rings is 1. The van der Waals surface area contributed by atoms with E-state index in [-0.39, 0.29) is 23.7 Å². The van der Waals surface area contributed by atoms with E-state index in [1.54, 1.807) is 23.1 Å². The topological polar surface area (TPSA) is 66.6 Å². The lowest BCUT2D eigenvalue weighted by Gasteiger charge is -2.36. The third-order valence-electron chi connectivity index (χ3n) is 3.56. The van der Waals surface area contributed by atoms with Crippen molar-refractivity contribution >= 4 is 5.91 Å². The number of nitrogens with zero attached hydrogens (tertiary/aromatic N) is 1. The van der Waals surface area contributed by atoms with Crippen molar-refractivity contribution in [2.75, 3.05) is 6.54 Å².